The lowest BCUT2D eigenvalue weighted by Crippen LogP contribution is -2.55. The fourth-order valence-electron chi connectivity index (χ4n) is 3.55. The number of pyridine rings is 1. The molecule has 1 fully saturated rings. The van der Waals surface area contributed by atoms with Crippen molar-refractivity contribution in [2.24, 2.45) is 0 Å². The number of thioether (sulfide) groups is 1. The Hall–Kier alpha value is -3.58. The van der Waals surface area contributed by atoms with Crippen molar-refractivity contribution in [2.45, 2.75) is 51.4 Å². The maximum absolute atomic E-state index is 11.8. The number of aryl methyl sites for hydroxylation is 1. The summed E-state index contributed by atoms with van der Waals surface area (Å²) in [6.07, 6.45) is 0.328. The summed E-state index contributed by atoms with van der Waals surface area (Å²) in [6, 6.07) is 9.37. The number of rotatable bonds is 6. The van der Waals surface area contributed by atoms with Gasteiger partial charge in [0.05, 0.1) is 17.8 Å². The lowest BCUT2D eigenvalue weighted by molar-refractivity contribution is -0.186. The maximum atomic E-state index is 11.8. The smallest absolute Gasteiger partial charge is 0.303 e. The van der Waals surface area contributed by atoms with E-state index in [1.807, 2.05) is 19.1 Å². The van der Waals surface area contributed by atoms with Crippen LogP contribution in [0.5, 0.6) is 5.75 Å². The zero-order chi connectivity index (χ0) is 24.8. The summed E-state index contributed by atoms with van der Waals surface area (Å²) in [6.45, 7) is 5.56. The van der Waals surface area contributed by atoms with Crippen molar-refractivity contribution in [3.8, 4) is 22.9 Å². The predicted octanol–water partition coefficient (Wildman–Crippen LogP) is 3.18. The largest absolute Gasteiger partial charge is 0.474 e. The van der Waals surface area contributed by atoms with Crippen molar-refractivity contribution in [3.63, 3.8) is 0 Å². The summed E-state index contributed by atoms with van der Waals surface area (Å²) in [7, 11) is 0. The molecule has 1 saturated heterocycles. The summed E-state index contributed by atoms with van der Waals surface area (Å²) < 4.78 is 22.3. The lowest BCUT2D eigenvalue weighted by Gasteiger charge is -2.39. The van der Waals surface area contributed by atoms with E-state index in [2.05, 4.69) is 11.1 Å². The molecule has 0 aliphatic carbocycles. The molecule has 4 atom stereocenters. The van der Waals surface area contributed by atoms with Gasteiger partial charge in [0.1, 0.15) is 5.75 Å². The van der Waals surface area contributed by atoms with E-state index in [1.165, 1.54) is 38.7 Å². The van der Waals surface area contributed by atoms with E-state index in [1.54, 1.807) is 18.3 Å². The molecule has 0 saturated carbocycles. The molecule has 1 aliphatic heterocycles. The minimum atomic E-state index is -1.03. The Bertz CT molecular complexity index is 1130. The van der Waals surface area contributed by atoms with E-state index in [0.717, 1.165) is 16.7 Å². The molecule has 178 valence electrons. The SMILES string of the molecule is CC(=O)O[C@H]1[C@H](OC(C)=O)CSC(Oc2cncc(-c3ccc(C#N)c(C)c3)c2)[C@@H]1OC(C)=O. The number of nitrogens with zero attached hydrogens (tertiary/aromatic N) is 2. The van der Waals surface area contributed by atoms with E-state index in [-0.39, 0.29) is 5.75 Å². The van der Waals surface area contributed by atoms with Crippen LogP contribution in [0.4, 0.5) is 0 Å². The fraction of sp³-hybridized carbons (Fsp3) is 0.375. The van der Waals surface area contributed by atoms with Crippen LogP contribution in [0, 0.1) is 18.3 Å². The summed E-state index contributed by atoms with van der Waals surface area (Å²) in [5, 5.41) is 9.16. The van der Waals surface area contributed by atoms with Gasteiger partial charge in [-0.2, -0.15) is 5.26 Å². The fourth-order valence-corrected chi connectivity index (χ4v) is 4.77. The first-order valence-electron chi connectivity index (χ1n) is 10.4. The third-order valence-electron chi connectivity index (χ3n) is 4.95. The van der Waals surface area contributed by atoms with Gasteiger partial charge < -0.3 is 18.9 Å². The molecule has 1 aromatic heterocycles. The molecule has 1 aliphatic rings. The van der Waals surface area contributed by atoms with Crippen molar-refractivity contribution in [2.75, 3.05) is 5.75 Å². The normalized spacial score (nSPS) is 21.6. The molecule has 1 aromatic carbocycles. The Morgan fingerprint density at radius 2 is 1.65 bits per heavy atom. The molecular weight excluding hydrogens is 460 g/mol. The second-order valence-corrected chi connectivity index (χ2v) is 8.80. The van der Waals surface area contributed by atoms with E-state index in [9.17, 15) is 14.4 Å². The van der Waals surface area contributed by atoms with Crippen LogP contribution in [0.2, 0.25) is 0 Å². The van der Waals surface area contributed by atoms with Crippen molar-refractivity contribution < 1.29 is 33.3 Å². The standard InChI is InChI=1S/C24H24N2O7S/c1-13-7-17(5-6-18(13)9-25)19-8-20(11-26-10-19)33-24-23(32-16(4)29)22(31-15(3)28)21(12-34-24)30-14(2)27/h5-8,10-11,21-24H,12H2,1-4H3/t21-,22+,23-,24?/m1/s1. The highest BCUT2D eigenvalue weighted by molar-refractivity contribution is 7.99. The van der Waals surface area contributed by atoms with Crippen LogP contribution < -0.4 is 4.74 Å². The lowest BCUT2D eigenvalue weighted by atomic mass is 10.0. The second-order valence-electron chi connectivity index (χ2n) is 7.67. The van der Waals surface area contributed by atoms with Gasteiger partial charge in [-0.3, -0.25) is 19.4 Å². The number of carbonyl (C=O) groups is 3. The van der Waals surface area contributed by atoms with Gasteiger partial charge in [-0.05, 0) is 30.2 Å². The van der Waals surface area contributed by atoms with E-state index >= 15 is 0 Å². The minimum Gasteiger partial charge on any atom is -0.474 e. The van der Waals surface area contributed by atoms with Crippen LogP contribution in [0.25, 0.3) is 11.1 Å². The number of hydrogen-bond donors (Lipinski definition) is 0. The summed E-state index contributed by atoms with van der Waals surface area (Å²) in [4.78, 5) is 39.3. The van der Waals surface area contributed by atoms with Crippen LogP contribution >= 0.6 is 11.8 Å². The number of ether oxygens (including phenoxy) is 4. The van der Waals surface area contributed by atoms with Crippen LogP contribution in [-0.4, -0.2) is 52.4 Å². The van der Waals surface area contributed by atoms with Gasteiger partial charge in [0.25, 0.3) is 0 Å². The number of aromatic nitrogens is 1. The van der Waals surface area contributed by atoms with E-state index in [0.29, 0.717) is 11.3 Å². The number of esters is 3. The van der Waals surface area contributed by atoms with Gasteiger partial charge in [0, 0.05) is 38.3 Å². The van der Waals surface area contributed by atoms with Crippen molar-refractivity contribution in [1.29, 1.82) is 5.26 Å². The molecule has 3 rings (SSSR count). The number of hydrogen-bond acceptors (Lipinski definition) is 10. The van der Waals surface area contributed by atoms with E-state index in [4.69, 9.17) is 24.2 Å². The molecule has 34 heavy (non-hydrogen) atoms. The molecule has 0 radical (unpaired) electrons. The van der Waals surface area contributed by atoms with Gasteiger partial charge in [0.2, 0.25) is 0 Å². The molecule has 0 bridgehead atoms. The van der Waals surface area contributed by atoms with Gasteiger partial charge in [-0.15, -0.1) is 11.8 Å². The number of nitriles is 1. The molecule has 10 heteroatoms. The number of benzene rings is 1. The molecular formula is C24H24N2O7S. The third kappa shape index (κ3) is 6.26. The summed E-state index contributed by atoms with van der Waals surface area (Å²) in [5.74, 6) is -1.08. The third-order valence-corrected chi connectivity index (χ3v) is 6.16. The molecule has 2 heterocycles. The Morgan fingerprint density at radius 3 is 2.26 bits per heavy atom. The van der Waals surface area contributed by atoms with Crippen LogP contribution in [-0.2, 0) is 28.6 Å². The maximum Gasteiger partial charge on any atom is 0.303 e. The monoisotopic (exact) mass is 484 g/mol. The van der Waals surface area contributed by atoms with Gasteiger partial charge in [-0.25, -0.2) is 0 Å². The molecule has 0 spiro atoms. The Balaban J connectivity index is 1.88. The van der Waals surface area contributed by atoms with Crippen molar-refractivity contribution in [1.82, 2.24) is 4.98 Å². The first-order chi connectivity index (χ1) is 16.2. The van der Waals surface area contributed by atoms with Gasteiger partial charge in [0.15, 0.2) is 23.7 Å². The Labute approximate surface area is 201 Å². The average molecular weight is 485 g/mol. The van der Waals surface area contributed by atoms with Crippen LogP contribution in [0.1, 0.15) is 31.9 Å². The minimum absolute atomic E-state index is 0.266. The second kappa shape index (κ2) is 11.0. The summed E-state index contributed by atoms with van der Waals surface area (Å²) >= 11 is 1.27. The molecule has 0 N–H and O–H groups in total. The van der Waals surface area contributed by atoms with Crippen molar-refractivity contribution in [3.05, 3.63) is 47.8 Å². The quantitative estimate of drug-likeness (QED) is 0.446. The Kier molecular flexibility index (Phi) is 8.12. The summed E-state index contributed by atoms with van der Waals surface area (Å²) in [5.41, 5.74) is 2.30. The highest BCUT2D eigenvalue weighted by Crippen LogP contribution is 2.35. The van der Waals surface area contributed by atoms with Gasteiger partial charge in [-0.1, -0.05) is 12.1 Å². The Morgan fingerprint density at radius 1 is 0.971 bits per heavy atom. The topological polar surface area (TPSA) is 125 Å². The molecule has 9 nitrogen and oxygen atoms in total. The molecule has 2 aromatic rings. The first kappa shape index (κ1) is 25.1. The van der Waals surface area contributed by atoms with E-state index < -0.39 is 41.7 Å². The molecule has 1 unspecified atom stereocenters. The van der Waals surface area contributed by atoms with Crippen LogP contribution in [0.15, 0.2) is 36.7 Å². The highest BCUT2D eigenvalue weighted by Gasteiger charge is 2.47. The first-order valence-corrected chi connectivity index (χ1v) is 11.5. The van der Waals surface area contributed by atoms with Crippen LogP contribution in [0.3, 0.4) is 0 Å². The van der Waals surface area contributed by atoms with Crippen molar-refractivity contribution >= 4 is 29.7 Å². The number of carbonyl (C=O) groups excluding carboxylic acids is 3. The average Bonchev–Trinajstić information content (AvgIpc) is 2.77. The predicted molar refractivity (Wildman–Crippen MR) is 123 cm³/mol. The highest BCUT2D eigenvalue weighted by atomic mass is 32.2. The zero-order valence-corrected chi connectivity index (χ0v) is 20.0. The molecule has 0 amide bonds. The zero-order valence-electron chi connectivity index (χ0n) is 19.1. The van der Waals surface area contributed by atoms with Gasteiger partial charge >= 0.3 is 17.9 Å².